The summed E-state index contributed by atoms with van der Waals surface area (Å²) in [5.74, 6) is -0.727. The van der Waals surface area contributed by atoms with Gasteiger partial charge in [0.15, 0.2) is 11.5 Å². The van der Waals surface area contributed by atoms with Crippen molar-refractivity contribution in [1.82, 2.24) is 0 Å². The molecule has 140 valence electrons. The number of amides is 1. The standard InChI is InChI=1S/C22H23NO4/c1-22(2,3)20(25)17-18(14-9-8-12-16(13-14)27-4)23(21(26)19(17)24)15-10-6-5-7-11-15/h5-13,18,24H,1-4H3. The SMILES string of the molecule is COc1cccc(C2C(C(=O)C(C)(C)C)=C(O)C(=O)N2c2ccccc2)c1. The van der Waals surface area contributed by atoms with Gasteiger partial charge in [-0.05, 0) is 29.8 Å². The van der Waals surface area contributed by atoms with Crippen LogP contribution in [0.4, 0.5) is 5.69 Å². The van der Waals surface area contributed by atoms with Gasteiger partial charge in [-0.3, -0.25) is 14.5 Å². The highest BCUT2D eigenvalue weighted by Gasteiger charge is 2.46. The molecular formula is C22H23NO4. The van der Waals surface area contributed by atoms with Crippen LogP contribution in [-0.4, -0.2) is 23.9 Å². The van der Waals surface area contributed by atoms with Gasteiger partial charge in [-0.15, -0.1) is 0 Å². The Morgan fingerprint density at radius 3 is 2.33 bits per heavy atom. The van der Waals surface area contributed by atoms with E-state index in [0.29, 0.717) is 17.0 Å². The van der Waals surface area contributed by atoms with E-state index < -0.39 is 23.1 Å². The number of para-hydroxylation sites is 1. The smallest absolute Gasteiger partial charge is 0.294 e. The van der Waals surface area contributed by atoms with E-state index >= 15 is 0 Å². The van der Waals surface area contributed by atoms with Crippen LogP contribution in [-0.2, 0) is 9.59 Å². The number of nitrogens with zero attached hydrogens (tertiary/aromatic N) is 1. The molecule has 27 heavy (non-hydrogen) atoms. The Bertz CT molecular complexity index is 909. The summed E-state index contributed by atoms with van der Waals surface area (Å²) >= 11 is 0. The van der Waals surface area contributed by atoms with Crippen molar-refractivity contribution in [3.8, 4) is 5.75 Å². The van der Waals surface area contributed by atoms with Crippen LogP contribution >= 0.6 is 0 Å². The number of carbonyl (C=O) groups excluding carboxylic acids is 2. The summed E-state index contributed by atoms with van der Waals surface area (Å²) in [6, 6.07) is 15.5. The topological polar surface area (TPSA) is 66.8 Å². The predicted octanol–water partition coefficient (Wildman–Crippen LogP) is 4.21. The Balaban J connectivity index is 2.21. The minimum Gasteiger partial charge on any atom is -0.503 e. The largest absolute Gasteiger partial charge is 0.503 e. The Kier molecular flexibility index (Phi) is 4.79. The van der Waals surface area contributed by atoms with Gasteiger partial charge in [-0.25, -0.2) is 0 Å². The van der Waals surface area contributed by atoms with Crippen LogP contribution in [0.25, 0.3) is 0 Å². The molecule has 0 bridgehead atoms. The van der Waals surface area contributed by atoms with Gasteiger partial charge in [-0.1, -0.05) is 51.1 Å². The number of aliphatic hydroxyl groups excluding tert-OH is 1. The number of ketones is 1. The van der Waals surface area contributed by atoms with Crippen molar-refractivity contribution in [2.24, 2.45) is 5.41 Å². The van der Waals surface area contributed by atoms with Crippen LogP contribution in [0.15, 0.2) is 65.9 Å². The Morgan fingerprint density at radius 1 is 1.07 bits per heavy atom. The monoisotopic (exact) mass is 365 g/mol. The number of hydrogen-bond donors (Lipinski definition) is 1. The summed E-state index contributed by atoms with van der Waals surface area (Å²) in [7, 11) is 1.56. The molecule has 1 amide bonds. The lowest BCUT2D eigenvalue weighted by atomic mass is 9.82. The maximum absolute atomic E-state index is 13.1. The second-order valence-electron chi connectivity index (χ2n) is 7.53. The molecule has 3 rings (SSSR count). The van der Waals surface area contributed by atoms with E-state index in [4.69, 9.17) is 4.74 Å². The fraction of sp³-hybridized carbons (Fsp3) is 0.273. The molecule has 1 N–H and O–H groups in total. The van der Waals surface area contributed by atoms with Crippen LogP contribution in [0.3, 0.4) is 0 Å². The normalized spacial score (nSPS) is 17.4. The minimum absolute atomic E-state index is 0.115. The number of methoxy groups -OCH3 is 1. The van der Waals surface area contributed by atoms with Crippen molar-refractivity contribution < 1.29 is 19.4 Å². The van der Waals surface area contributed by atoms with E-state index in [1.54, 1.807) is 58.2 Å². The van der Waals surface area contributed by atoms with Gasteiger partial charge in [0.25, 0.3) is 5.91 Å². The number of aliphatic hydroxyl groups is 1. The lowest BCUT2D eigenvalue weighted by molar-refractivity contribution is -0.123. The third kappa shape index (κ3) is 3.33. The molecule has 1 unspecified atom stereocenters. The Labute approximate surface area is 158 Å². The molecule has 0 aromatic heterocycles. The fourth-order valence-electron chi connectivity index (χ4n) is 3.22. The van der Waals surface area contributed by atoms with Crippen LogP contribution < -0.4 is 9.64 Å². The highest BCUT2D eigenvalue weighted by molar-refractivity contribution is 6.17. The predicted molar refractivity (Wildman–Crippen MR) is 104 cm³/mol. The van der Waals surface area contributed by atoms with Gasteiger partial charge >= 0.3 is 0 Å². The van der Waals surface area contributed by atoms with E-state index in [2.05, 4.69) is 0 Å². The molecule has 0 aliphatic carbocycles. The zero-order chi connectivity index (χ0) is 19.8. The highest BCUT2D eigenvalue weighted by atomic mass is 16.5. The lowest BCUT2D eigenvalue weighted by Crippen LogP contribution is -2.32. The molecule has 1 heterocycles. The minimum atomic E-state index is -0.743. The molecule has 0 radical (unpaired) electrons. The maximum Gasteiger partial charge on any atom is 0.294 e. The third-order valence-corrected chi connectivity index (χ3v) is 4.58. The van der Waals surface area contributed by atoms with Crippen LogP contribution in [0, 0.1) is 5.41 Å². The Hall–Kier alpha value is -3.08. The summed E-state index contributed by atoms with van der Waals surface area (Å²) in [6.07, 6.45) is 0. The van der Waals surface area contributed by atoms with Gasteiger partial charge in [-0.2, -0.15) is 0 Å². The zero-order valence-corrected chi connectivity index (χ0v) is 15.9. The average molecular weight is 365 g/mol. The average Bonchev–Trinajstić information content (AvgIpc) is 2.92. The molecule has 0 saturated carbocycles. The number of carbonyl (C=O) groups is 2. The first-order valence-electron chi connectivity index (χ1n) is 8.76. The van der Waals surface area contributed by atoms with Crippen molar-refractivity contribution in [3.63, 3.8) is 0 Å². The molecular weight excluding hydrogens is 342 g/mol. The molecule has 1 aliphatic heterocycles. The number of anilines is 1. The molecule has 5 nitrogen and oxygen atoms in total. The summed E-state index contributed by atoms with van der Waals surface area (Å²) in [4.78, 5) is 27.5. The Morgan fingerprint density at radius 2 is 1.74 bits per heavy atom. The van der Waals surface area contributed by atoms with Gasteiger partial charge in [0, 0.05) is 11.1 Å². The van der Waals surface area contributed by atoms with E-state index in [1.807, 2.05) is 24.3 Å². The highest BCUT2D eigenvalue weighted by Crippen LogP contribution is 2.43. The fourth-order valence-corrected chi connectivity index (χ4v) is 3.22. The van der Waals surface area contributed by atoms with Crippen molar-refractivity contribution >= 4 is 17.4 Å². The second kappa shape index (κ2) is 6.91. The maximum atomic E-state index is 13.1. The molecule has 2 aromatic carbocycles. The number of Topliss-reactive ketones (excluding diaryl/α,β-unsaturated/α-hetero) is 1. The molecule has 5 heteroatoms. The third-order valence-electron chi connectivity index (χ3n) is 4.58. The molecule has 0 saturated heterocycles. The summed E-state index contributed by atoms with van der Waals surface area (Å²) in [5, 5.41) is 10.6. The number of ether oxygens (including phenoxy) is 1. The molecule has 0 spiro atoms. The first-order valence-corrected chi connectivity index (χ1v) is 8.76. The first kappa shape index (κ1) is 18.7. The molecule has 2 aromatic rings. The number of benzene rings is 2. The van der Waals surface area contributed by atoms with Crippen molar-refractivity contribution in [2.75, 3.05) is 12.0 Å². The van der Waals surface area contributed by atoms with Crippen LogP contribution in [0.1, 0.15) is 32.4 Å². The number of hydrogen-bond acceptors (Lipinski definition) is 4. The van der Waals surface area contributed by atoms with E-state index in [0.717, 1.165) is 0 Å². The lowest BCUT2D eigenvalue weighted by Gasteiger charge is -2.29. The van der Waals surface area contributed by atoms with E-state index in [1.165, 1.54) is 4.90 Å². The first-order chi connectivity index (χ1) is 12.8. The van der Waals surface area contributed by atoms with E-state index in [-0.39, 0.29) is 11.4 Å². The van der Waals surface area contributed by atoms with Gasteiger partial charge in [0.1, 0.15) is 5.75 Å². The van der Waals surface area contributed by atoms with Gasteiger partial charge in [0.2, 0.25) is 0 Å². The molecule has 1 aliphatic rings. The number of rotatable bonds is 4. The van der Waals surface area contributed by atoms with Crippen LogP contribution in [0.2, 0.25) is 0 Å². The van der Waals surface area contributed by atoms with Crippen LogP contribution in [0.5, 0.6) is 5.75 Å². The second-order valence-corrected chi connectivity index (χ2v) is 7.53. The van der Waals surface area contributed by atoms with Gasteiger partial charge in [0.05, 0.1) is 18.7 Å². The van der Waals surface area contributed by atoms with E-state index in [9.17, 15) is 14.7 Å². The molecule has 1 atom stereocenters. The van der Waals surface area contributed by atoms with Crippen molar-refractivity contribution in [1.29, 1.82) is 0 Å². The van der Waals surface area contributed by atoms with Gasteiger partial charge < -0.3 is 9.84 Å². The summed E-state index contributed by atoms with van der Waals surface area (Å²) < 4.78 is 5.31. The van der Waals surface area contributed by atoms with Crippen molar-refractivity contribution in [3.05, 3.63) is 71.5 Å². The molecule has 0 fully saturated rings. The zero-order valence-electron chi connectivity index (χ0n) is 15.9. The summed E-state index contributed by atoms with van der Waals surface area (Å²) in [5.41, 5.74) is 0.680. The summed E-state index contributed by atoms with van der Waals surface area (Å²) in [6.45, 7) is 5.32. The van der Waals surface area contributed by atoms with Crippen molar-refractivity contribution in [2.45, 2.75) is 26.8 Å². The quantitative estimate of drug-likeness (QED) is 0.881.